The van der Waals surface area contributed by atoms with Crippen molar-refractivity contribution in [3.8, 4) is 0 Å². The molecule has 0 bridgehead atoms. The smallest absolute Gasteiger partial charge is 0.226 e. The van der Waals surface area contributed by atoms with Crippen LogP contribution in [0.4, 0.5) is 11.8 Å². The van der Waals surface area contributed by atoms with Crippen molar-refractivity contribution >= 4 is 22.8 Å². The summed E-state index contributed by atoms with van der Waals surface area (Å²) in [5.74, 6) is 1.24. The van der Waals surface area contributed by atoms with Crippen LogP contribution in [0.3, 0.4) is 0 Å². The molecule has 4 N–H and O–H groups in total. The highest BCUT2D eigenvalue weighted by Crippen LogP contribution is 2.19. The Kier molecular flexibility index (Phi) is 5.08. The summed E-state index contributed by atoms with van der Waals surface area (Å²) in [6.07, 6.45) is 1.77. The molecule has 8 heteroatoms. The molecular formula is C12H20N6O2. The summed E-state index contributed by atoms with van der Waals surface area (Å²) < 4.78 is 4.89. The van der Waals surface area contributed by atoms with Gasteiger partial charge >= 0.3 is 0 Å². The molecule has 0 spiro atoms. The number of anilines is 2. The number of aliphatic hydroxyl groups excluding tert-OH is 1. The first-order valence-electron chi connectivity index (χ1n) is 6.60. The average molecular weight is 280 g/mol. The molecule has 0 saturated carbocycles. The van der Waals surface area contributed by atoms with E-state index >= 15 is 0 Å². The number of aliphatic hydroxyl groups is 1. The third-order valence-electron chi connectivity index (χ3n) is 2.77. The number of fused-ring (bicyclic) bond motifs is 1. The quantitative estimate of drug-likeness (QED) is 0.560. The van der Waals surface area contributed by atoms with Crippen LogP contribution in [0.25, 0.3) is 11.0 Å². The molecule has 0 aliphatic heterocycles. The molecule has 2 aromatic heterocycles. The van der Waals surface area contributed by atoms with Crippen LogP contribution < -0.4 is 10.6 Å². The number of aromatic nitrogens is 4. The van der Waals surface area contributed by atoms with E-state index in [2.05, 4.69) is 30.8 Å². The zero-order valence-electron chi connectivity index (χ0n) is 11.7. The summed E-state index contributed by atoms with van der Waals surface area (Å²) >= 11 is 0. The lowest BCUT2D eigenvalue weighted by atomic mass is 10.2. The molecule has 0 saturated heterocycles. The molecule has 0 radical (unpaired) electrons. The average Bonchev–Trinajstić information content (AvgIpc) is 2.88. The Hall–Kier alpha value is -1.93. The standard InChI is InChI=1S/C12H20N6O2/c1-3-13-12-16-10(9-6-15-18-11(9)17-12)14-5-4-8(19)7-20-2/h6,8,19H,3-5,7H2,1-2H3,(H3,13,14,15,16,17,18). The number of rotatable bonds is 8. The zero-order chi connectivity index (χ0) is 14.4. The topological polar surface area (TPSA) is 108 Å². The van der Waals surface area contributed by atoms with Crippen LogP contribution in [0.1, 0.15) is 13.3 Å². The van der Waals surface area contributed by atoms with Crippen LogP contribution in [-0.2, 0) is 4.74 Å². The number of methoxy groups -OCH3 is 1. The van der Waals surface area contributed by atoms with Gasteiger partial charge in [-0.3, -0.25) is 5.10 Å². The monoisotopic (exact) mass is 280 g/mol. The van der Waals surface area contributed by atoms with E-state index in [9.17, 15) is 5.11 Å². The Balaban J connectivity index is 2.05. The van der Waals surface area contributed by atoms with Crippen LogP contribution in [0.2, 0.25) is 0 Å². The number of nitrogens with one attached hydrogen (secondary N) is 3. The first-order valence-corrected chi connectivity index (χ1v) is 6.60. The summed E-state index contributed by atoms with van der Waals surface area (Å²) in [4.78, 5) is 8.71. The van der Waals surface area contributed by atoms with Gasteiger partial charge in [-0.05, 0) is 13.3 Å². The summed E-state index contributed by atoms with van der Waals surface area (Å²) in [6.45, 7) is 3.64. The molecule has 2 rings (SSSR count). The van der Waals surface area contributed by atoms with E-state index in [4.69, 9.17) is 4.74 Å². The molecule has 8 nitrogen and oxygen atoms in total. The molecule has 110 valence electrons. The lowest BCUT2D eigenvalue weighted by Crippen LogP contribution is -2.19. The number of nitrogens with zero attached hydrogens (tertiary/aromatic N) is 3. The largest absolute Gasteiger partial charge is 0.391 e. The van der Waals surface area contributed by atoms with Crippen molar-refractivity contribution in [2.75, 3.05) is 37.4 Å². The minimum atomic E-state index is -0.484. The van der Waals surface area contributed by atoms with Gasteiger partial charge in [-0.25, -0.2) is 0 Å². The van der Waals surface area contributed by atoms with Crippen molar-refractivity contribution in [1.82, 2.24) is 20.2 Å². The molecule has 0 aromatic carbocycles. The maximum absolute atomic E-state index is 9.61. The molecule has 1 atom stereocenters. The van der Waals surface area contributed by atoms with Gasteiger partial charge < -0.3 is 20.5 Å². The fourth-order valence-electron chi connectivity index (χ4n) is 1.84. The highest BCUT2D eigenvalue weighted by Gasteiger charge is 2.09. The highest BCUT2D eigenvalue weighted by molar-refractivity contribution is 5.86. The third kappa shape index (κ3) is 3.55. The Morgan fingerprint density at radius 1 is 1.40 bits per heavy atom. The molecule has 0 aliphatic carbocycles. The van der Waals surface area contributed by atoms with Gasteiger partial charge in [0.1, 0.15) is 5.82 Å². The minimum absolute atomic E-state index is 0.329. The Labute approximate surface area is 117 Å². The second-order valence-corrected chi connectivity index (χ2v) is 4.38. The number of hydrogen-bond donors (Lipinski definition) is 4. The van der Waals surface area contributed by atoms with Gasteiger partial charge in [0.05, 0.1) is 24.3 Å². The van der Waals surface area contributed by atoms with E-state index in [0.29, 0.717) is 37.0 Å². The maximum atomic E-state index is 9.61. The van der Waals surface area contributed by atoms with Gasteiger partial charge in [-0.2, -0.15) is 15.1 Å². The van der Waals surface area contributed by atoms with Crippen LogP contribution in [-0.4, -0.2) is 58.2 Å². The molecule has 2 heterocycles. The molecule has 0 aliphatic rings. The maximum Gasteiger partial charge on any atom is 0.226 e. The van der Waals surface area contributed by atoms with E-state index in [0.717, 1.165) is 11.9 Å². The van der Waals surface area contributed by atoms with Crippen molar-refractivity contribution in [2.45, 2.75) is 19.4 Å². The lowest BCUT2D eigenvalue weighted by Gasteiger charge is -2.11. The molecule has 0 amide bonds. The summed E-state index contributed by atoms with van der Waals surface area (Å²) in [5.41, 5.74) is 0.677. The fraction of sp³-hybridized carbons (Fsp3) is 0.583. The highest BCUT2D eigenvalue weighted by atomic mass is 16.5. The van der Waals surface area contributed by atoms with Gasteiger partial charge in [-0.1, -0.05) is 0 Å². The Morgan fingerprint density at radius 2 is 2.25 bits per heavy atom. The second-order valence-electron chi connectivity index (χ2n) is 4.38. The number of ether oxygens (including phenoxy) is 1. The molecular weight excluding hydrogens is 260 g/mol. The second kappa shape index (κ2) is 7.01. The predicted molar refractivity (Wildman–Crippen MR) is 76.8 cm³/mol. The van der Waals surface area contributed by atoms with E-state index in [-0.39, 0.29) is 0 Å². The first kappa shape index (κ1) is 14.5. The van der Waals surface area contributed by atoms with Crippen molar-refractivity contribution in [3.05, 3.63) is 6.20 Å². The van der Waals surface area contributed by atoms with Crippen LogP contribution in [0.5, 0.6) is 0 Å². The molecule has 2 aromatic rings. The predicted octanol–water partition coefficient (Wildman–Crippen LogP) is 0.594. The van der Waals surface area contributed by atoms with E-state index in [1.807, 2.05) is 6.92 Å². The number of H-pyrrole nitrogens is 1. The number of aromatic amines is 1. The molecule has 0 fully saturated rings. The normalized spacial score (nSPS) is 12.6. The Morgan fingerprint density at radius 3 is 3.00 bits per heavy atom. The summed E-state index contributed by atoms with van der Waals surface area (Å²) in [5, 5.41) is 23.5. The SMILES string of the molecule is CCNc1nc(NCCC(O)COC)c2cn[nH]c2n1. The molecule has 20 heavy (non-hydrogen) atoms. The van der Waals surface area contributed by atoms with E-state index in [1.165, 1.54) is 0 Å². The van der Waals surface area contributed by atoms with Gasteiger partial charge in [0.25, 0.3) is 0 Å². The Bertz CT molecular complexity index is 544. The lowest BCUT2D eigenvalue weighted by molar-refractivity contribution is 0.0615. The van der Waals surface area contributed by atoms with Crippen molar-refractivity contribution in [2.24, 2.45) is 0 Å². The van der Waals surface area contributed by atoms with Crippen LogP contribution in [0, 0.1) is 0 Å². The number of hydrogen-bond acceptors (Lipinski definition) is 7. The third-order valence-corrected chi connectivity index (χ3v) is 2.77. The summed E-state index contributed by atoms with van der Waals surface area (Å²) in [6, 6.07) is 0. The first-order chi connectivity index (χ1) is 9.74. The summed E-state index contributed by atoms with van der Waals surface area (Å²) in [7, 11) is 1.57. The van der Waals surface area contributed by atoms with Crippen molar-refractivity contribution in [3.63, 3.8) is 0 Å². The van der Waals surface area contributed by atoms with Gasteiger partial charge in [-0.15, -0.1) is 0 Å². The fourth-order valence-corrected chi connectivity index (χ4v) is 1.84. The van der Waals surface area contributed by atoms with Gasteiger partial charge in [0.15, 0.2) is 5.65 Å². The van der Waals surface area contributed by atoms with Gasteiger partial charge in [0, 0.05) is 20.2 Å². The van der Waals surface area contributed by atoms with Crippen molar-refractivity contribution < 1.29 is 9.84 Å². The minimum Gasteiger partial charge on any atom is -0.391 e. The molecule has 1 unspecified atom stereocenters. The van der Waals surface area contributed by atoms with Crippen molar-refractivity contribution in [1.29, 1.82) is 0 Å². The van der Waals surface area contributed by atoms with E-state index < -0.39 is 6.10 Å². The van der Waals surface area contributed by atoms with E-state index in [1.54, 1.807) is 13.3 Å². The van der Waals surface area contributed by atoms with Crippen LogP contribution >= 0.6 is 0 Å². The van der Waals surface area contributed by atoms with Crippen LogP contribution in [0.15, 0.2) is 6.20 Å². The zero-order valence-corrected chi connectivity index (χ0v) is 11.7. The van der Waals surface area contributed by atoms with Gasteiger partial charge in [0.2, 0.25) is 5.95 Å².